The zero-order chi connectivity index (χ0) is 12.7. The Morgan fingerprint density at radius 3 is 2.88 bits per heavy atom. The molecule has 0 aliphatic rings. The van der Waals surface area contributed by atoms with Crippen molar-refractivity contribution in [3.05, 3.63) is 24.3 Å². The molecule has 0 aliphatic heterocycles. The first-order valence-electron chi connectivity index (χ1n) is 4.70. The molecule has 1 rings (SSSR count). The number of carbonyl (C=O) groups is 1. The maximum absolute atomic E-state index is 11.0. The van der Waals surface area contributed by atoms with E-state index in [1.807, 2.05) is 0 Å². The van der Waals surface area contributed by atoms with Crippen molar-refractivity contribution in [2.75, 3.05) is 11.1 Å². The first-order chi connectivity index (χ1) is 8.11. The van der Waals surface area contributed by atoms with Crippen LogP contribution in [0.3, 0.4) is 0 Å². The molecule has 0 saturated carbocycles. The molecular weight excluding hydrogens is 238 g/mol. The minimum Gasteiger partial charge on any atom is -0.399 e. The second-order valence-electron chi connectivity index (χ2n) is 3.09. The van der Waals surface area contributed by atoms with Gasteiger partial charge in [0.25, 0.3) is 5.91 Å². The number of thiocarbonyl (C=S) groups is 1. The van der Waals surface area contributed by atoms with E-state index < -0.39 is 5.91 Å². The summed E-state index contributed by atoms with van der Waals surface area (Å²) in [6.07, 6.45) is -0.228. The van der Waals surface area contributed by atoms with Gasteiger partial charge in [-0.1, -0.05) is 6.07 Å². The highest BCUT2D eigenvalue weighted by Crippen LogP contribution is 2.11. The fraction of sp³-hybridized carbons (Fsp3) is 0.100. The van der Waals surface area contributed by atoms with Gasteiger partial charge in [-0.3, -0.25) is 15.6 Å². The van der Waals surface area contributed by atoms with E-state index in [9.17, 15) is 4.79 Å². The number of nitrogen functional groups attached to an aromatic ring is 1. The minimum atomic E-state index is -0.454. The van der Waals surface area contributed by atoms with Gasteiger partial charge >= 0.3 is 0 Å². The molecule has 0 aromatic heterocycles. The third kappa shape index (κ3) is 4.81. The predicted octanol–water partition coefficient (Wildman–Crippen LogP) is 0.500. The topological polar surface area (TPSA) is 103 Å². The van der Waals surface area contributed by atoms with Gasteiger partial charge in [-0.05, 0) is 30.4 Å². The van der Waals surface area contributed by atoms with Crippen molar-refractivity contribution in [3.8, 4) is 6.07 Å². The number of benzene rings is 1. The molecule has 1 amide bonds. The lowest BCUT2D eigenvalue weighted by Crippen LogP contribution is -2.43. The van der Waals surface area contributed by atoms with Crippen LogP contribution in [-0.4, -0.2) is 11.0 Å². The first-order valence-corrected chi connectivity index (χ1v) is 5.11. The van der Waals surface area contributed by atoms with Crippen molar-refractivity contribution >= 4 is 34.6 Å². The molecule has 17 heavy (non-hydrogen) atoms. The molecule has 0 bridgehead atoms. The van der Waals surface area contributed by atoms with Crippen LogP contribution in [0.4, 0.5) is 11.4 Å². The van der Waals surface area contributed by atoms with Gasteiger partial charge < -0.3 is 11.1 Å². The number of amides is 1. The van der Waals surface area contributed by atoms with E-state index in [1.165, 1.54) is 0 Å². The van der Waals surface area contributed by atoms with Crippen molar-refractivity contribution in [2.45, 2.75) is 6.42 Å². The fourth-order valence-electron chi connectivity index (χ4n) is 1.02. The number of hydrazine groups is 1. The monoisotopic (exact) mass is 249 g/mol. The SMILES string of the molecule is N#CCC(=O)NNC(=S)Nc1cccc(N)c1. The molecule has 5 N–H and O–H groups in total. The number of nitrogens with two attached hydrogens (primary N) is 1. The summed E-state index contributed by atoms with van der Waals surface area (Å²) in [4.78, 5) is 11.0. The van der Waals surface area contributed by atoms with Gasteiger partial charge in [0.1, 0.15) is 6.42 Å². The Labute approximate surface area is 104 Å². The Morgan fingerprint density at radius 1 is 1.47 bits per heavy atom. The Hall–Kier alpha value is -2.33. The van der Waals surface area contributed by atoms with Crippen LogP contribution in [0.2, 0.25) is 0 Å². The number of nitrogens with one attached hydrogen (secondary N) is 3. The highest BCUT2D eigenvalue weighted by molar-refractivity contribution is 7.80. The highest BCUT2D eigenvalue weighted by Gasteiger charge is 2.01. The summed E-state index contributed by atoms with van der Waals surface area (Å²) in [5.74, 6) is -0.454. The summed E-state index contributed by atoms with van der Waals surface area (Å²) in [5, 5.41) is 11.3. The van der Waals surface area contributed by atoms with Crippen LogP contribution in [-0.2, 0) is 4.79 Å². The van der Waals surface area contributed by atoms with E-state index in [4.69, 9.17) is 23.2 Å². The second-order valence-corrected chi connectivity index (χ2v) is 3.50. The van der Waals surface area contributed by atoms with E-state index in [1.54, 1.807) is 30.3 Å². The average Bonchev–Trinajstić information content (AvgIpc) is 2.27. The molecule has 88 valence electrons. The zero-order valence-electron chi connectivity index (χ0n) is 8.86. The zero-order valence-corrected chi connectivity index (χ0v) is 9.67. The molecule has 1 aromatic carbocycles. The van der Waals surface area contributed by atoms with E-state index in [0.717, 1.165) is 0 Å². The molecule has 1 aromatic rings. The van der Waals surface area contributed by atoms with Crippen molar-refractivity contribution in [1.29, 1.82) is 5.26 Å². The second kappa shape index (κ2) is 6.30. The van der Waals surface area contributed by atoms with Gasteiger partial charge in [0.15, 0.2) is 5.11 Å². The van der Waals surface area contributed by atoms with Gasteiger partial charge in [-0.15, -0.1) is 0 Å². The molecular formula is C10H11N5OS. The minimum absolute atomic E-state index is 0.210. The molecule has 0 unspecified atom stereocenters. The molecule has 0 radical (unpaired) electrons. The number of carbonyl (C=O) groups excluding carboxylic acids is 1. The van der Waals surface area contributed by atoms with E-state index in [2.05, 4.69) is 16.2 Å². The third-order valence-electron chi connectivity index (χ3n) is 1.70. The predicted molar refractivity (Wildman–Crippen MR) is 68.6 cm³/mol. The van der Waals surface area contributed by atoms with Gasteiger partial charge in [0.2, 0.25) is 0 Å². The van der Waals surface area contributed by atoms with E-state index >= 15 is 0 Å². The molecule has 0 spiro atoms. The number of anilines is 2. The summed E-state index contributed by atoms with van der Waals surface area (Å²) in [7, 11) is 0. The normalized spacial score (nSPS) is 8.88. The summed E-state index contributed by atoms with van der Waals surface area (Å²) < 4.78 is 0. The number of nitriles is 1. The van der Waals surface area contributed by atoms with Crippen molar-refractivity contribution < 1.29 is 4.79 Å². The lowest BCUT2D eigenvalue weighted by Gasteiger charge is -2.10. The van der Waals surface area contributed by atoms with E-state index in [-0.39, 0.29) is 11.5 Å². The van der Waals surface area contributed by atoms with Gasteiger partial charge in [-0.2, -0.15) is 5.26 Å². The molecule has 0 heterocycles. The van der Waals surface area contributed by atoms with Crippen molar-refractivity contribution in [1.82, 2.24) is 10.9 Å². The Kier molecular flexibility index (Phi) is 4.72. The maximum atomic E-state index is 11.0. The highest BCUT2D eigenvalue weighted by atomic mass is 32.1. The quantitative estimate of drug-likeness (QED) is 0.346. The van der Waals surface area contributed by atoms with Crippen LogP contribution in [0.25, 0.3) is 0 Å². The summed E-state index contributed by atoms with van der Waals surface area (Å²) in [6.45, 7) is 0. The largest absolute Gasteiger partial charge is 0.399 e. The average molecular weight is 249 g/mol. The van der Waals surface area contributed by atoms with E-state index in [0.29, 0.717) is 11.4 Å². The van der Waals surface area contributed by atoms with Gasteiger partial charge in [0.05, 0.1) is 6.07 Å². The van der Waals surface area contributed by atoms with Crippen LogP contribution >= 0.6 is 12.2 Å². The van der Waals surface area contributed by atoms with Gasteiger partial charge in [-0.25, -0.2) is 0 Å². The smallest absolute Gasteiger partial charge is 0.252 e. The summed E-state index contributed by atoms with van der Waals surface area (Å²) in [6, 6.07) is 8.71. The molecule has 7 heteroatoms. The van der Waals surface area contributed by atoms with Crippen molar-refractivity contribution in [2.24, 2.45) is 0 Å². The summed E-state index contributed by atoms with van der Waals surface area (Å²) in [5.41, 5.74) is 11.6. The number of rotatable bonds is 2. The number of hydrogen-bond donors (Lipinski definition) is 4. The van der Waals surface area contributed by atoms with Crippen LogP contribution < -0.4 is 21.9 Å². The third-order valence-corrected chi connectivity index (χ3v) is 1.90. The van der Waals surface area contributed by atoms with Crippen LogP contribution in [0, 0.1) is 11.3 Å². The lowest BCUT2D eigenvalue weighted by molar-refractivity contribution is -0.120. The molecule has 0 aliphatic carbocycles. The molecule has 6 nitrogen and oxygen atoms in total. The standard InChI is InChI=1S/C10H11N5OS/c11-5-4-9(16)14-15-10(17)13-8-3-1-2-7(12)6-8/h1-3,6H,4,12H2,(H,14,16)(H2,13,15,17). The molecule has 0 atom stereocenters. The number of nitrogens with zero attached hydrogens (tertiary/aromatic N) is 1. The lowest BCUT2D eigenvalue weighted by atomic mass is 10.3. The number of hydrogen-bond acceptors (Lipinski definition) is 4. The molecule has 0 fully saturated rings. The Bertz CT molecular complexity index is 468. The fourth-order valence-corrected chi connectivity index (χ4v) is 1.19. The van der Waals surface area contributed by atoms with Crippen LogP contribution in [0.5, 0.6) is 0 Å². The Balaban J connectivity index is 2.40. The molecule has 0 saturated heterocycles. The Morgan fingerprint density at radius 2 is 2.24 bits per heavy atom. The first kappa shape index (κ1) is 12.7. The maximum Gasteiger partial charge on any atom is 0.252 e. The van der Waals surface area contributed by atoms with Gasteiger partial charge in [0, 0.05) is 11.4 Å². The van der Waals surface area contributed by atoms with Crippen molar-refractivity contribution in [3.63, 3.8) is 0 Å². The summed E-state index contributed by atoms with van der Waals surface area (Å²) >= 11 is 4.92. The van der Waals surface area contributed by atoms with Crippen LogP contribution in [0.15, 0.2) is 24.3 Å². The van der Waals surface area contributed by atoms with Crippen LogP contribution in [0.1, 0.15) is 6.42 Å².